The minimum Gasteiger partial charge on any atom is -0.385 e. The summed E-state index contributed by atoms with van der Waals surface area (Å²) in [6, 6.07) is 16.0. The van der Waals surface area contributed by atoms with Crippen molar-refractivity contribution in [1.29, 1.82) is 0 Å². The van der Waals surface area contributed by atoms with Crippen LogP contribution in [0.15, 0.2) is 54.6 Å². The first-order chi connectivity index (χ1) is 13.6. The standard InChI is InChI=1S/C22H27ClN2O3/c1-3-20(26)25(16-17-10-12-19(23)13-11-17)21(18-8-5-4-6-9-18)22(27)24-14-7-15-28-2/h4-6,8-13,21H,3,7,14-16H2,1-2H3,(H,24,27). The van der Waals surface area contributed by atoms with Gasteiger partial charge in [-0.15, -0.1) is 0 Å². The highest BCUT2D eigenvalue weighted by Crippen LogP contribution is 2.25. The Kier molecular flexibility index (Phi) is 8.98. The average Bonchev–Trinajstić information content (AvgIpc) is 2.72. The summed E-state index contributed by atoms with van der Waals surface area (Å²) in [7, 11) is 1.63. The number of amides is 2. The second-order valence-electron chi connectivity index (χ2n) is 6.45. The van der Waals surface area contributed by atoms with Crippen LogP contribution in [0, 0.1) is 0 Å². The number of carbonyl (C=O) groups excluding carboxylic acids is 2. The highest BCUT2D eigenvalue weighted by Gasteiger charge is 2.30. The van der Waals surface area contributed by atoms with Gasteiger partial charge < -0.3 is 15.0 Å². The minimum atomic E-state index is -0.702. The summed E-state index contributed by atoms with van der Waals surface area (Å²) in [6.45, 7) is 3.19. The Morgan fingerprint density at radius 1 is 1.11 bits per heavy atom. The van der Waals surface area contributed by atoms with Crippen LogP contribution in [0.5, 0.6) is 0 Å². The Morgan fingerprint density at radius 2 is 1.79 bits per heavy atom. The van der Waals surface area contributed by atoms with Gasteiger partial charge in [-0.3, -0.25) is 9.59 Å². The van der Waals surface area contributed by atoms with Crippen LogP contribution < -0.4 is 5.32 Å². The molecule has 0 aliphatic carbocycles. The van der Waals surface area contributed by atoms with E-state index in [0.717, 1.165) is 11.1 Å². The second kappa shape index (κ2) is 11.5. The summed E-state index contributed by atoms with van der Waals surface area (Å²) in [6.07, 6.45) is 1.02. The van der Waals surface area contributed by atoms with Gasteiger partial charge in [-0.2, -0.15) is 0 Å². The van der Waals surface area contributed by atoms with Gasteiger partial charge in [0, 0.05) is 38.2 Å². The van der Waals surface area contributed by atoms with E-state index in [4.69, 9.17) is 16.3 Å². The van der Waals surface area contributed by atoms with Gasteiger partial charge in [0.2, 0.25) is 11.8 Å². The molecule has 28 heavy (non-hydrogen) atoms. The molecular weight excluding hydrogens is 376 g/mol. The van der Waals surface area contributed by atoms with Crippen molar-refractivity contribution in [2.75, 3.05) is 20.3 Å². The zero-order valence-corrected chi connectivity index (χ0v) is 17.1. The van der Waals surface area contributed by atoms with E-state index < -0.39 is 6.04 Å². The molecule has 0 fully saturated rings. The third-order valence-electron chi connectivity index (χ3n) is 4.39. The van der Waals surface area contributed by atoms with Crippen molar-refractivity contribution < 1.29 is 14.3 Å². The number of methoxy groups -OCH3 is 1. The van der Waals surface area contributed by atoms with Crippen molar-refractivity contribution in [3.8, 4) is 0 Å². The first-order valence-corrected chi connectivity index (χ1v) is 9.80. The summed E-state index contributed by atoms with van der Waals surface area (Å²) >= 11 is 5.97. The summed E-state index contributed by atoms with van der Waals surface area (Å²) in [4.78, 5) is 27.5. The Labute approximate surface area is 171 Å². The maximum atomic E-state index is 13.0. The SMILES string of the molecule is CCC(=O)N(Cc1ccc(Cl)cc1)C(C(=O)NCCCOC)c1ccccc1. The highest BCUT2D eigenvalue weighted by atomic mass is 35.5. The number of carbonyl (C=O) groups is 2. The molecule has 2 rings (SSSR count). The van der Waals surface area contributed by atoms with Crippen molar-refractivity contribution >= 4 is 23.4 Å². The number of ether oxygens (including phenoxy) is 1. The molecule has 0 heterocycles. The number of rotatable bonds is 10. The first kappa shape index (κ1) is 21.9. The van der Waals surface area contributed by atoms with Crippen LogP contribution in [0.4, 0.5) is 0 Å². The van der Waals surface area contributed by atoms with Crippen molar-refractivity contribution in [2.24, 2.45) is 0 Å². The monoisotopic (exact) mass is 402 g/mol. The number of benzene rings is 2. The predicted molar refractivity (Wildman–Crippen MR) is 111 cm³/mol. The quantitative estimate of drug-likeness (QED) is 0.611. The van der Waals surface area contributed by atoms with Gasteiger partial charge in [0.15, 0.2) is 0 Å². The maximum Gasteiger partial charge on any atom is 0.247 e. The van der Waals surface area contributed by atoms with Crippen LogP contribution in [0.1, 0.15) is 36.9 Å². The maximum absolute atomic E-state index is 13.0. The van der Waals surface area contributed by atoms with Gasteiger partial charge in [-0.25, -0.2) is 0 Å². The lowest BCUT2D eigenvalue weighted by Gasteiger charge is -2.31. The van der Waals surface area contributed by atoms with E-state index in [-0.39, 0.29) is 11.8 Å². The smallest absolute Gasteiger partial charge is 0.247 e. The first-order valence-electron chi connectivity index (χ1n) is 9.42. The molecule has 6 heteroatoms. The van der Waals surface area contributed by atoms with E-state index in [2.05, 4.69) is 5.32 Å². The zero-order valence-electron chi connectivity index (χ0n) is 16.4. The highest BCUT2D eigenvalue weighted by molar-refractivity contribution is 6.30. The zero-order chi connectivity index (χ0) is 20.4. The van der Waals surface area contributed by atoms with Crippen molar-refractivity contribution in [3.05, 3.63) is 70.7 Å². The predicted octanol–water partition coefficient (Wildman–Crippen LogP) is 3.97. The lowest BCUT2D eigenvalue weighted by molar-refractivity contribution is -0.141. The lowest BCUT2D eigenvalue weighted by Crippen LogP contribution is -2.43. The lowest BCUT2D eigenvalue weighted by atomic mass is 10.0. The third kappa shape index (κ3) is 6.36. The molecule has 150 valence electrons. The van der Waals surface area contributed by atoms with Crippen molar-refractivity contribution in [2.45, 2.75) is 32.4 Å². The minimum absolute atomic E-state index is 0.0872. The van der Waals surface area contributed by atoms with E-state index >= 15 is 0 Å². The number of nitrogens with zero attached hydrogens (tertiary/aromatic N) is 1. The average molecular weight is 403 g/mol. The second-order valence-corrected chi connectivity index (χ2v) is 6.89. The fourth-order valence-corrected chi connectivity index (χ4v) is 3.07. The molecule has 0 radical (unpaired) electrons. The molecule has 1 unspecified atom stereocenters. The van der Waals surface area contributed by atoms with Gasteiger partial charge in [0.1, 0.15) is 6.04 Å². The number of nitrogens with one attached hydrogen (secondary N) is 1. The molecule has 5 nitrogen and oxygen atoms in total. The van der Waals surface area contributed by atoms with Gasteiger partial charge >= 0.3 is 0 Å². The van der Waals surface area contributed by atoms with Gasteiger partial charge in [-0.05, 0) is 29.7 Å². The van der Waals surface area contributed by atoms with Gasteiger partial charge in [-0.1, -0.05) is 61.0 Å². The van der Waals surface area contributed by atoms with Crippen LogP contribution in [0.2, 0.25) is 5.02 Å². The van der Waals surface area contributed by atoms with Crippen molar-refractivity contribution in [3.63, 3.8) is 0 Å². The van der Waals surface area contributed by atoms with Crippen LogP contribution >= 0.6 is 11.6 Å². The normalized spacial score (nSPS) is 11.7. The van der Waals surface area contributed by atoms with E-state index in [1.807, 2.05) is 42.5 Å². The molecule has 1 atom stereocenters. The van der Waals surface area contributed by atoms with Gasteiger partial charge in [0.25, 0.3) is 0 Å². The number of hydrogen-bond donors (Lipinski definition) is 1. The van der Waals surface area contributed by atoms with Crippen LogP contribution in [-0.4, -0.2) is 37.0 Å². The van der Waals surface area contributed by atoms with E-state index in [1.165, 1.54) is 0 Å². The van der Waals surface area contributed by atoms with E-state index in [9.17, 15) is 9.59 Å². The Hall–Kier alpha value is -2.37. The summed E-state index contributed by atoms with van der Waals surface area (Å²) in [5.41, 5.74) is 1.70. The summed E-state index contributed by atoms with van der Waals surface area (Å²) in [5.74, 6) is -0.283. The fourth-order valence-electron chi connectivity index (χ4n) is 2.95. The molecule has 0 saturated carbocycles. The molecule has 2 aromatic carbocycles. The Balaban J connectivity index is 2.30. The molecule has 0 bridgehead atoms. The van der Waals surface area contributed by atoms with Crippen LogP contribution in [0.25, 0.3) is 0 Å². The van der Waals surface area contributed by atoms with E-state index in [1.54, 1.807) is 31.1 Å². The summed E-state index contributed by atoms with van der Waals surface area (Å²) < 4.78 is 5.03. The molecule has 0 spiro atoms. The molecule has 0 aliphatic rings. The molecule has 2 amide bonds. The number of hydrogen-bond acceptors (Lipinski definition) is 3. The molecule has 0 aliphatic heterocycles. The van der Waals surface area contributed by atoms with Crippen molar-refractivity contribution in [1.82, 2.24) is 10.2 Å². The summed E-state index contributed by atoms with van der Waals surface area (Å²) in [5, 5.41) is 3.57. The Bertz CT molecular complexity index is 750. The largest absolute Gasteiger partial charge is 0.385 e. The molecular formula is C22H27ClN2O3. The van der Waals surface area contributed by atoms with Crippen LogP contribution in [0.3, 0.4) is 0 Å². The molecule has 0 saturated heterocycles. The molecule has 0 aromatic heterocycles. The topological polar surface area (TPSA) is 58.6 Å². The molecule has 1 N–H and O–H groups in total. The van der Waals surface area contributed by atoms with Crippen LogP contribution in [-0.2, 0) is 20.9 Å². The third-order valence-corrected chi connectivity index (χ3v) is 4.64. The number of halogens is 1. The Morgan fingerprint density at radius 3 is 2.39 bits per heavy atom. The fraction of sp³-hybridized carbons (Fsp3) is 0.364. The molecule has 2 aromatic rings. The van der Waals surface area contributed by atoms with Gasteiger partial charge in [0.05, 0.1) is 0 Å². The van der Waals surface area contributed by atoms with E-state index in [0.29, 0.717) is 37.6 Å².